The molecule has 0 radical (unpaired) electrons. The number of likely N-dealkylation sites (tertiary alicyclic amines) is 1. The third-order valence-corrected chi connectivity index (χ3v) is 5.33. The molecule has 0 aliphatic carbocycles. The van der Waals surface area contributed by atoms with Crippen molar-refractivity contribution < 1.29 is 23.4 Å². The number of methoxy groups -OCH3 is 1. The molecule has 1 aliphatic rings. The number of aryl methyl sites for hydroxylation is 1. The summed E-state index contributed by atoms with van der Waals surface area (Å²) in [6.45, 7) is 4.74. The average molecular weight is 443 g/mol. The fraction of sp³-hybridized carbons (Fsp3) is 0.455. The van der Waals surface area contributed by atoms with Gasteiger partial charge in [-0.15, -0.1) is 0 Å². The Kier molecular flexibility index (Phi) is 6.11. The summed E-state index contributed by atoms with van der Waals surface area (Å²) in [6.07, 6.45) is 3.79. The van der Waals surface area contributed by atoms with Gasteiger partial charge >= 0.3 is 6.09 Å². The molecule has 1 saturated heterocycles. The molecule has 0 atom stereocenters. The molecule has 9 nitrogen and oxygen atoms in total. The Morgan fingerprint density at radius 3 is 2.66 bits per heavy atom. The van der Waals surface area contributed by atoms with Crippen molar-refractivity contribution in [3.8, 4) is 23.0 Å². The molecule has 0 aromatic carbocycles. The average Bonchev–Trinajstić information content (AvgIpc) is 3.10. The predicted molar refractivity (Wildman–Crippen MR) is 115 cm³/mol. The van der Waals surface area contributed by atoms with Gasteiger partial charge in [-0.05, 0) is 19.9 Å². The Morgan fingerprint density at radius 2 is 2.00 bits per heavy atom. The monoisotopic (exact) mass is 443 g/mol. The highest BCUT2D eigenvalue weighted by molar-refractivity contribution is 5.95. The molecule has 4 rings (SSSR count). The standard InChI is InChI=1S/C22H26FN5O4/c1-13(2)31-22(29)28-9-6-14(7-10-28)32-21-19-15(5-8-24-21)20(27(3)26-19)16-12-25-18(30-4)11-17(16)23/h5,8,11-14H,6-7,9-10H2,1-4H3. The largest absolute Gasteiger partial charge is 0.481 e. The molecule has 32 heavy (non-hydrogen) atoms. The smallest absolute Gasteiger partial charge is 0.410 e. The highest BCUT2D eigenvalue weighted by atomic mass is 19.1. The fourth-order valence-electron chi connectivity index (χ4n) is 3.79. The van der Waals surface area contributed by atoms with Gasteiger partial charge in [0.05, 0.1) is 24.5 Å². The van der Waals surface area contributed by atoms with Crippen molar-refractivity contribution in [1.82, 2.24) is 24.6 Å². The van der Waals surface area contributed by atoms with E-state index in [9.17, 15) is 9.18 Å². The predicted octanol–water partition coefficient (Wildman–Crippen LogP) is 3.57. The Bertz CT molecular complexity index is 1120. The number of aromatic nitrogens is 4. The minimum absolute atomic E-state index is 0.110. The van der Waals surface area contributed by atoms with Crippen LogP contribution in [0.3, 0.4) is 0 Å². The summed E-state index contributed by atoms with van der Waals surface area (Å²) < 4.78 is 32.7. The first-order chi connectivity index (χ1) is 15.4. The van der Waals surface area contributed by atoms with Crippen molar-refractivity contribution in [3.63, 3.8) is 0 Å². The molecule has 170 valence electrons. The van der Waals surface area contributed by atoms with Crippen molar-refractivity contribution in [3.05, 3.63) is 30.3 Å². The van der Waals surface area contributed by atoms with Gasteiger partial charge in [-0.1, -0.05) is 0 Å². The van der Waals surface area contributed by atoms with Crippen molar-refractivity contribution in [2.24, 2.45) is 7.05 Å². The maximum atomic E-state index is 14.7. The van der Waals surface area contributed by atoms with Gasteiger partial charge in [0.2, 0.25) is 11.8 Å². The number of piperidine rings is 1. The zero-order valence-corrected chi connectivity index (χ0v) is 18.5. The van der Waals surface area contributed by atoms with Crippen LogP contribution in [-0.4, -0.2) is 63.1 Å². The number of pyridine rings is 2. The topological polar surface area (TPSA) is 91.6 Å². The van der Waals surface area contributed by atoms with Crippen molar-refractivity contribution in [1.29, 1.82) is 0 Å². The first-order valence-corrected chi connectivity index (χ1v) is 10.5. The number of amides is 1. The van der Waals surface area contributed by atoms with Crippen LogP contribution in [-0.2, 0) is 11.8 Å². The molecule has 0 saturated carbocycles. The molecule has 1 fully saturated rings. The molecule has 3 aromatic heterocycles. The number of hydrogen-bond acceptors (Lipinski definition) is 7. The number of rotatable bonds is 5. The lowest BCUT2D eigenvalue weighted by molar-refractivity contribution is 0.0510. The molecule has 3 aromatic rings. The van der Waals surface area contributed by atoms with E-state index in [1.54, 1.807) is 28.9 Å². The summed E-state index contributed by atoms with van der Waals surface area (Å²) in [6, 6.07) is 3.02. The number of nitrogens with zero attached hydrogens (tertiary/aromatic N) is 5. The fourth-order valence-corrected chi connectivity index (χ4v) is 3.79. The number of hydrogen-bond donors (Lipinski definition) is 0. The molecule has 10 heteroatoms. The second-order valence-electron chi connectivity index (χ2n) is 7.93. The van der Waals surface area contributed by atoms with Crippen LogP contribution in [0.25, 0.3) is 22.2 Å². The van der Waals surface area contributed by atoms with Gasteiger partial charge in [-0.3, -0.25) is 4.68 Å². The van der Waals surface area contributed by atoms with Crippen LogP contribution in [0.4, 0.5) is 9.18 Å². The summed E-state index contributed by atoms with van der Waals surface area (Å²) >= 11 is 0. The number of halogens is 1. The molecular weight excluding hydrogens is 417 g/mol. The van der Waals surface area contributed by atoms with Gasteiger partial charge in [0.25, 0.3) is 0 Å². The van der Waals surface area contributed by atoms with E-state index < -0.39 is 5.82 Å². The summed E-state index contributed by atoms with van der Waals surface area (Å²) in [5.41, 5.74) is 1.43. The van der Waals surface area contributed by atoms with Crippen molar-refractivity contribution >= 4 is 17.0 Å². The van der Waals surface area contributed by atoms with E-state index in [1.807, 2.05) is 13.8 Å². The molecular formula is C22H26FN5O4. The lowest BCUT2D eigenvalue weighted by Crippen LogP contribution is -2.42. The van der Waals surface area contributed by atoms with Gasteiger partial charge < -0.3 is 19.1 Å². The van der Waals surface area contributed by atoms with Crippen LogP contribution in [0.5, 0.6) is 11.8 Å². The zero-order valence-electron chi connectivity index (χ0n) is 18.5. The number of ether oxygens (including phenoxy) is 3. The van der Waals surface area contributed by atoms with Crippen LogP contribution >= 0.6 is 0 Å². The Labute approximate surface area is 185 Å². The Hall–Kier alpha value is -3.43. The maximum Gasteiger partial charge on any atom is 0.410 e. The summed E-state index contributed by atoms with van der Waals surface area (Å²) in [7, 11) is 3.18. The lowest BCUT2D eigenvalue weighted by atomic mass is 10.1. The number of carbonyl (C=O) groups excluding carboxylic acids is 1. The Balaban J connectivity index is 1.55. The Morgan fingerprint density at radius 1 is 1.25 bits per heavy atom. The third kappa shape index (κ3) is 4.30. The molecule has 4 heterocycles. The second-order valence-corrected chi connectivity index (χ2v) is 7.93. The van der Waals surface area contributed by atoms with E-state index in [0.717, 1.165) is 0 Å². The second kappa shape index (κ2) is 8.97. The number of carbonyl (C=O) groups is 1. The first kappa shape index (κ1) is 21.8. The molecule has 1 aliphatic heterocycles. The van der Waals surface area contributed by atoms with Crippen LogP contribution in [0.1, 0.15) is 26.7 Å². The quantitative estimate of drug-likeness (QED) is 0.595. The molecule has 1 amide bonds. The molecule has 0 bridgehead atoms. The van der Waals surface area contributed by atoms with E-state index >= 15 is 0 Å². The van der Waals surface area contributed by atoms with E-state index in [0.29, 0.717) is 54.0 Å². The van der Waals surface area contributed by atoms with Gasteiger partial charge in [0, 0.05) is 56.8 Å². The minimum atomic E-state index is -0.457. The molecule has 0 spiro atoms. The van der Waals surface area contributed by atoms with E-state index in [2.05, 4.69) is 15.1 Å². The van der Waals surface area contributed by atoms with Crippen molar-refractivity contribution in [2.45, 2.75) is 38.9 Å². The third-order valence-electron chi connectivity index (χ3n) is 5.33. The molecule has 0 unspecified atom stereocenters. The van der Waals surface area contributed by atoms with E-state index in [-0.39, 0.29) is 24.2 Å². The van der Waals surface area contributed by atoms with Gasteiger partial charge in [-0.25, -0.2) is 19.2 Å². The van der Waals surface area contributed by atoms with Crippen LogP contribution < -0.4 is 9.47 Å². The van der Waals surface area contributed by atoms with E-state index in [1.165, 1.54) is 19.4 Å². The number of fused-ring (bicyclic) bond motifs is 1. The summed E-state index contributed by atoms with van der Waals surface area (Å²) in [5.74, 6) is 0.128. The first-order valence-electron chi connectivity index (χ1n) is 10.5. The minimum Gasteiger partial charge on any atom is -0.481 e. The van der Waals surface area contributed by atoms with Crippen LogP contribution in [0, 0.1) is 5.82 Å². The summed E-state index contributed by atoms with van der Waals surface area (Å²) in [4.78, 5) is 22.3. The van der Waals surface area contributed by atoms with Gasteiger partial charge in [0.15, 0.2) is 5.52 Å². The summed E-state index contributed by atoms with van der Waals surface area (Å²) in [5, 5.41) is 5.24. The normalized spacial score (nSPS) is 14.8. The lowest BCUT2D eigenvalue weighted by Gasteiger charge is -2.31. The SMILES string of the molecule is COc1cc(F)c(-c2c3ccnc(OC4CCN(C(=O)OC(C)C)CC4)c3nn2C)cn1. The van der Waals surface area contributed by atoms with Crippen molar-refractivity contribution in [2.75, 3.05) is 20.2 Å². The molecule has 0 N–H and O–H groups in total. The van der Waals surface area contributed by atoms with Crippen LogP contribution in [0.15, 0.2) is 24.5 Å². The maximum absolute atomic E-state index is 14.7. The van der Waals surface area contributed by atoms with E-state index in [4.69, 9.17) is 14.2 Å². The highest BCUT2D eigenvalue weighted by Crippen LogP contribution is 2.34. The van der Waals surface area contributed by atoms with Gasteiger partial charge in [-0.2, -0.15) is 5.10 Å². The van der Waals surface area contributed by atoms with Crippen LogP contribution in [0.2, 0.25) is 0 Å². The highest BCUT2D eigenvalue weighted by Gasteiger charge is 2.27. The zero-order chi connectivity index (χ0) is 22.8. The van der Waals surface area contributed by atoms with Gasteiger partial charge in [0.1, 0.15) is 11.9 Å².